The van der Waals surface area contributed by atoms with E-state index < -0.39 is 0 Å². The van der Waals surface area contributed by atoms with E-state index in [9.17, 15) is 5.11 Å². The van der Waals surface area contributed by atoms with E-state index in [0.717, 1.165) is 43.0 Å². The van der Waals surface area contributed by atoms with E-state index in [2.05, 4.69) is 45.3 Å². The second kappa shape index (κ2) is 7.41. The van der Waals surface area contributed by atoms with Crippen molar-refractivity contribution in [3.05, 3.63) is 71.3 Å². The Morgan fingerprint density at radius 1 is 1.14 bits per heavy atom. The van der Waals surface area contributed by atoms with Gasteiger partial charge in [-0.25, -0.2) is 4.98 Å². The number of nitrogens with zero attached hydrogens (tertiary/aromatic N) is 4. The standard InChI is InChI=1S/C21H22N4O2S/c26-20-19(28-21-22-14-23-25(20)21)18(17-7-4-12-27-17)24-10-8-16(9-11-24)13-15-5-2-1-3-6-15/h1-7,12,14,16,18,26H,8-11,13H2/t18-/m1/s1. The number of thiazole rings is 1. The van der Waals surface area contributed by atoms with Crippen LogP contribution in [0.3, 0.4) is 0 Å². The number of piperidine rings is 1. The fourth-order valence-electron chi connectivity index (χ4n) is 4.16. The Labute approximate surface area is 167 Å². The molecule has 0 radical (unpaired) electrons. The first-order chi connectivity index (χ1) is 13.8. The monoisotopic (exact) mass is 394 g/mol. The summed E-state index contributed by atoms with van der Waals surface area (Å²) in [5, 5.41) is 14.9. The molecule has 0 amide bonds. The van der Waals surface area contributed by atoms with E-state index in [0.29, 0.717) is 10.9 Å². The van der Waals surface area contributed by atoms with Crippen molar-refractivity contribution in [2.45, 2.75) is 25.3 Å². The zero-order chi connectivity index (χ0) is 18.9. The van der Waals surface area contributed by atoms with Gasteiger partial charge in [0.2, 0.25) is 10.8 Å². The molecule has 3 aromatic heterocycles. The van der Waals surface area contributed by atoms with Crippen molar-refractivity contribution in [2.75, 3.05) is 13.1 Å². The number of aromatic nitrogens is 3. The van der Waals surface area contributed by atoms with E-state index in [4.69, 9.17) is 4.42 Å². The Kier molecular flexibility index (Phi) is 4.62. The van der Waals surface area contributed by atoms with Crippen LogP contribution in [0.2, 0.25) is 0 Å². The smallest absolute Gasteiger partial charge is 0.230 e. The topological polar surface area (TPSA) is 66.8 Å². The van der Waals surface area contributed by atoms with Gasteiger partial charge in [0.1, 0.15) is 18.1 Å². The lowest BCUT2D eigenvalue weighted by Crippen LogP contribution is -2.37. The minimum absolute atomic E-state index is 0.110. The van der Waals surface area contributed by atoms with Crippen LogP contribution in [0.25, 0.3) is 4.96 Å². The molecule has 5 rings (SSSR count). The highest BCUT2D eigenvalue weighted by Gasteiger charge is 2.33. The highest BCUT2D eigenvalue weighted by Crippen LogP contribution is 2.41. The van der Waals surface area contributed by atoms with Gasteiger partial charge in [0.15, 0.2) is 0 Å². The Bertz CT molecular complexity index is 1030. The van der Waals surface area contributed by atoms with Gasteiger partial charge < -0.3 is 9.52 Å². The Morgan fingerprint density at radius 3 is 2.68 bits per heavy atom. The molecule has 1 aliphatic heterocycles. The molecule has 4 heterocycles. The van der Waals surface area contributed by atoms with Crippen LogP contribution in [0.1, 0.15) is 35.1 Å². The first kappa shape index (κ1) is 17.5. The number of aromatic hydroxyl groups is 1. The number of benzene rings is 1. The van der Waals surface area contributed by atoms with Gasteiger partial charge in [0.05, 0.1) is 11.1 Å². The summed E-state index contributed by atoms with van der Waals surface area (Å²) in [5.74, 6) is 1.69. The third-order valence-corrected chi connectivity index (χ3v) is 6.67. The van der Waals surface area contributed by atoms with Gasteiger partial charge in [0, 0.05) is 0 Å². The highest BCUT2D eigenvalue weighted by atomic mass is 32.1. The maximum Gasteiger partial charge on any atom is 0.230 e. The Morgan fingerprint density at radius 2 is 1.96 bits per heavy atom. The summed E-state index contributed by atoms with van der Waals surface area (Å²) in [6, 6.07) is 14.5. The average molecular weight is 395 g/mol. The van der Waals surface area contributed by atoms with Crippen LogP contribution in [0.15, 0.2) is 59.5 Å². The molecule has 28 heavy (non-hydrogen) atoms. The number of hydrogen-bond donors (Lipinski definition) is 1. The summed E-state index contributed by atoms with van der Waals surface area (Å²) in [4.78, 5) is 8.17. The minimum atomic E-state index is -0.110. The van der Waals surface area contributed by atoms with Gasteiger partial charge in [-0.1, -0.05) is 41.7 Å². The largest absolute Gasteiger partial charge is 0.492 e. The molecule has 0 bridgehead atoms. The van der Waals surface area contributed by atoms with Crippen molar-refractivity contribution in [1.82, 2.24) is 19.5 Å². The second-order valence-corrected chi connectivity index (χ2v) is 8.34. The SMILES string of the molecule is Oc1c([C@@H](c2ccco2)N2CCC(Cc3ccccc3)CC2)sc2ncnn12. The lowest BCUT2D eigenvalue weighted by molar-refractivity contribution is 0.138. The summed E-state index contributed by atoms with van der Waals surface area (Å²) in [7, 11) is 0. The third-order valence-electron chi connectivity index (χ3n) is 5.58. The molecular formula is C21H22N4O2S. The number of fused-ring (bicyclic) bond motifs is 1. The molecule has 4 aromatic rings. The fourth-order valence-corrected chi connectivity index (χ4v) is 5.23. The zero-order valence-electron chi connectivity index (χ0n) is 15.4. The maximum absolute atomic E-state index is 10.7. The molecule has 1 saturated heterocycles. The van der Waals surface area contributed by atoms with Crippen LogP contribution in [0.5, 0.6) is 5.88 Å². The first-order valence-electron chi connectivity index (χ1n) is 9.62. The molecule has 1 atom stereocenters. The molecule has 144 valence electrons. The number of hydrogen-bond acceptors (Lipinski definition) is 6. The van der Waals surface area contributed by atoms with Gasteiger partial charge in [0.25, 0.3) is 0 Å². The molecule has 1 aliphatic rings. The van der Waals surface area contributed by atoms with Gasteiger partial charge >= 0.3 is 0 Å². The average Bonchev–Trinajstić information content (AvgIpc) is 3.46. The van der Waals surface area contributed by atoms with Crippen molar-refractivity contribution in [2.24, 2.45) is 5.92 Å². The Hall–Kier alpha value is -2.64. The van der Waals surface area contributed by atoms with Gasteiger partial charge in [-0.2, -0.15) is 9.61 Å². The second-order valence-electron chi connectivity index (χ2n) is 7.33. The summed E-state index contributed by atoms with van der Waals surface area (Å²) >= 11 is 1.47. The Balaban J connectivity index is 1.37. The predicted octanol–water partition coefficient (Wildman–Crippen LogP) is 4.13. The molecule has 0 unspecified atom stereocenters. The van der Waals surface area contributed by atoms with Gasteiger partial charge in [-0.05, 0) is 56.0 Å². The normalized spacial score (nSPS) is 17.3. The predicted molar refractivity (Wildman–Crippen MR) is 108 cm³/mol. The van der Waals surface area contributed by atoms with Crippen molar-refractivity contribution in [1.29, 1.82) is 0 Å². The molecule has 1 fully saturated rings. The van der Waals surface area contributed by atoms with E-state index in [1.54, 1.807) is 6.26 Å². The third kappa shape index (κ3) is 3.21. The molecular weight excluding hydrogens is 372 g/mol. The van der Waals surface area contributed by atoms with Crippen LogP contribution in [-0.4, -0.2) is 37.7 Å². The van der Waals surface area contributed by atoms with Crippen LogP contribution in [0.4, 0.5) is 0 Å². The molecule has 1 aromatic carbocycles. The molecule has 0 spiro atoms. The molecule has 0 saturated carbocycles. The van der Waals surface area contributed by atoms with Crippen LogP contribution in [-0.2, 0) is 6.42 Å². The van der Waals surface area contributed by atoms with Crippen molar-refractivity contribution >= 4 is 16.3 Å². The number of likely N-dealkylation sites (tertiary alicyclic amines) is 1. The summed E-state index contributed by atoms with van der Waals surface area (Å²) in [6.07, 6.45) is 6.55. The molecule has 0 aliphatic carbocycles. The van der Waals surface area contributed by atoms with E-state index in [-0.39, 0.29) is 11.9 Å². The molecule has 1 N–H and O–H groups in total. The van der Waals surface area contributed by atoms with Gasteiger partial charge in [-0.15, -0.1) is 0 Å². The highest BCUT2D eigenvalue weighted by molar-refractivity contribution is 7.17. The lowest BCUT2D eigenvalue weighted by atomic mass is 9.89. The van der Waals surface area contributed by atoms with Gasteiger partial charge in [-0.3, -0.25) is 4.90 Å². The number of rotatable bonds is 5. The summed E-state index contributed by atoms with van der Waals surface area (Å²) in [6.45, 7) is 1.94. The zero-order valence-corrected chi connectivity index (χ0v) is 16.3. The molecule has 7 heteroatoms. The van der Waals surface area contributed by atoms with Crippen LogP contribution in [0, 0.1) is 5.92 Å². The first-order valence-corrected chi connectivity index (χ1v) is 10.4. The minimum Gasteiger partial charge on any atom is -0.492 e. The van der Waals surface area contributed by atoms with E-state index >= 15 is 0 Å². The maximum atomic E-state index is 10.7. The summed E-state index contributed by atoms with van der Waals surface area (Å²) < 4.78 is 7.26. The van der Waals surface area contributed by atoms with Crippen LogP contribution < -0.4 is 0 Å². The fraction of sp³-hybridized carbons (Fsp3) is 0.333. The van der Waals surface area contributed by atoms with Crippen molar-refractivity contribution in [3.8, 4) is 5.88 Å². The quantitative estimate of drug-likeness (QED) is 0.551. The van der Waals surface area contributed by atoms with Crippen LogP contribution >= 0.6 is 11.3 Å². The lowest BCUT2D eigenvalue weighted by Gasteiger charge is -2.36. The number of furan rings is 1. The molecule has 6 nitrogen and oxygen atoms in total. The van der Waals surface area contributed by atoms with Crippen molar-refractivity contribution < 1.29 is 9.52 Å². The van der Waals surface area contributed by atoms with E-state index in [1.807, 2.05) is 12.1 Å². The van der Waals surface area contributed by atoms with E-state index in [1.165, 1.54) is 27.7 Å². The summed E-state index contributed by atoms with van der Waals surface area (Å²) in [5.41, 5.74) is 1.41. The van der Waals surface area contributed by atoms with Crippen molar-refractivity contribution in [3.63, 3.8) is 0 Å².